The number of phenolic OH excluding ortho intramolecular Hbond substituents is 1. The van der Waals surface area contributed by atoms with Crippen LogP contribution in [-0.2, 0) is 9.84 Å². The Kier molecular flexibility index (Phi) is 4.95. The fourth-order valence-corrected chi connectivity index (χ4v) is 6.27. The smallest absolute Gasteiger partial charge is 0.189 e. The zero-order chi connectivity index (χ0) is 22.3. The highest BCUT2D eigenvalue weighted by atomic mass is 32.2. The lowest BCUT2D eigenvalue weighted by atomic mass is 9.94. The third-order valence-corrected chi connectivity index (χ3v) is 8.01. The molecule has 3 nitrogen and oxygen atoms in total. The molecule has 1 N–H and O–H groups in total. The van der Waals surface area contributed by atoms with Gasteiger partial charge in [-0.1, -0.05) is 90.5 Å². The van der Waals surface area contributed by atoms with Gasteiger partial charge in [0.2, 0.25) is 0 Å². The number of rotatable bonds is 4. The van der Waals surface area contributed by atoms with Crippen molar-refractivity contribution in [3.8, 4) is 5.75 Å². The zero-order valence-corrected chi connectivity index (χ0v) is 18.4. The van der Waals surface area contributed by atoms with E-state index < -0.39 is 15.1 Å². The van der Waals surface area contributed by atoms with Crippen LogP contribution in [0.2, 0.25) is 0 Å². The molecule has 5 aromatic rings. The van der Waals surface area contributed by atoms with Gasteiger partial charge in [-0.2, -0.15) is 0 Å². The number of benzene rings is 5. The van der Waals surface area contributed by atoms with E-state index in [-0.39, 0.29) is 10.6 Å². The van der Waals surface area contributed by atoms with Crippen molar-refractivity contribution >= 4 is 31.4 Å². The second kappa shape index (κ2) is 7.81. The van der Waals surface area contributed by atoms with Crippen LogP contribution in [0.5, 0.6) is 5.75 Å². The molecule has 5 rings (SSSR count). The van der Waals surface area contributed by atoms with Crippen molar-refractivity contribution in [3.05, 3.63) is 120 Å². The van der Waals surface area contributed by atoms with Gasteiger partial charge in [0.25, 0.3) is 0 Å². The van der Waals surface area contributed by atoms with Crippen molar-refractivity contribution in [3.63, 3.8) is 0 Å². The van der Waals surface area contributed by atoms with Gasteiger partial charge in [0, 0.05) is 5.56 Å². The maximum atomic E-state index is 14.2. The minimum Gasteiger partial charge on any atom is -0.508 e. The van der Waals surface area contributed by atoms with Crippen molar-refractivity contribution in [1.82, 2.24) is 0 Å². The summed E-state index contributed by atoms with van der Waals surface area (Å²) in [7, 11) is -3.89. The van der Waals surface area contributed by atoms with Crippen LogP contribution in [0.4, 0.5) is 0 Å². The van der Waals surface area contributed by atoms with Crippen LogP contribution in [-0.4, -0.2) is 13.5 Å². The molecule has 0 fully saturated rings. The predicted molar refractivity (Wildman–Crippen MR) is 130 cm³/mol. The van der Waals surface area contributed by atoms with E-state index in [1.807, 2.05) is 79.7 Å². The molecule has 0 aromatic heterocycles. The Morgan fingerprint density at radius 3 is 1.97 bits per heavy atom. The number of fused-ring (bicyclic) bond motifs is 2. The fraction of sp³-hybridized carbons (Fsp3) is 0.0714. The molecule has 0 bridgehead atoms. The molecular weight excluding hydrogens is 416 g/mol. The Morgan fingerprint density at radius 1 is 0.656 bits per heavy atom. The van der Waals surface area contributed by atoms with Gasteiger partial charge in [-0.15, -0.1) is 0 Å². The number of phenols is 1. The highest BCUT2D eigenvalue weighted by Gasteiger charge is 2.35. The van der Waals surface area contributed by atoms with Gasteiger partial charge in [-0.05, 0) is 52.2 Å². The van der Waals surface area contributed by atoms with E-state index in [0.717, 1.165) is 27.1 Å². The van der Waals surface area contributed by atoms with Gasteiger partial charge in [0.05, 0.1) is 4.90 Å². The summed E-state index contributed by atoms with van der Waals surface area (Å²) >= 11 is 0. The summed E-state index contributed by atoms with van der Waals surface area (Å²) in [5, 5.41) is 13.3. The lowest BCUT2D eigenvalue weighted by Gasteiger charge is -2.23. The normalized spacial score (nSPS) is 12.8. The number of aromatic hydroxyl groups is 1. The van der Waals surface area contributed by atoms with Gasteiger partial charge in [-0.25, -0.2) is 8.42 Å². The molecule has 5 aromatic carbocycles. The lowest BCUT2D eigenvalue weighted by Crippen LogP contribution is -2.16. The van der Waals surface area contributed by atoms with Crippen LogP contribution < -0.4 is 0 Å². The Bertz CT molecular complexity index is 1550. The Hall–Kier alpha value is -3.63. The van der Waals surface area contributed by atoms with E-state index >= 15 is 0 Å². The van der Waals surface area contributed by atoms with Gasteiger partial charge in [0.15, 0.2) is 9.84 Å². The van der Waals surface area contributed by atoms with Crippen LogP contribution in [0.1, 0.15) is 21.9 Å². The average molecular weight is 439 g/mol. The van der Waals surface area contributed by atoms with E-state index in [0.29, 0.717) is 11.1 Å². The Balaban J connectivity index is 1.90. The number of aryl methyl sites for hydroxylation is 1. The molecule has 32 heavy (non-hydrogen) atoms. The lowest BCUT2D eigenvalue weighted by molar-refractivity contribution is 0.469. The van der Waals surface area contributed by atoms with Crippen molar-refractivity contribution in [1.29, 1.82) is 0 Å². The van der Waals surface area contributed by atoms with Crippen molar-refractivity contribution in [2.75, 3.05) is 0 Å². The van der Waals surface area contributed by atoms with Crippen LogP contribution >= 0.6 is 0 Å². The minimum atomic E-state index is -3.89. The number of sulfone groups is 1. The molecule has 0 saturated carbocycles. The largest absolute Gasteiger partial charge is 0.508 e. The zero-order valence-electron chi connectivity index (χ0n) is 17.6. The molecule has 1 unspecified atom stereocenters. The molecule has 4 heteroatoms. The Labute approximate surface area is 187 Å². The summed E-state index contributed by atoms with van der Waals surface area (Å²) in [6.07, 6.45) is 0. The molecule has 158 valence electrons. The topological polar surface area (TPSA) is 54.4 Å². The van der Waals surface area contributed by atoms with Crippen molar-refractivity contribution in [2.45, 2.75) is 17.1 Å². The van der Waals surface area contributed by atoms with E-state index in [4.69, 9.17) is 0 Å². The summed E-state index contributed by atoms with van der Waals surface area (Å²) in [5.74, 6) is -0.0303. The molecule has 0 aliphatic heterocycles. The highest BCUT2D eigenvalue weighted by Crippen LogP contribution is 2.44. The summed E-state index contributed by atoms with van der Waals surface area (Å²) in [6.45, 7) is 1.93. The molecular formula is C28H22O3S. The molecule has 0 amide bonds. The third kappa shape index (κ3) is 3.33. The number of hydrogen-bond acceptors (Lipinski definition) is 3. The first kappa shape index (κ1) is 20.3. The van der Waals surface area contributed by atoms with Crippen molar-refractivity contribution < 1.29 is 13.5 Å². The SMILES string of the molecule is Cc1ccc(S(=O)(=O)C(c2cccc3ccccc23)c2c(O)ccc3ccccc23)cc1. The minimum absolute atomic E-state index is 0.0303. The highest BCUT2D eigenvalue weighted by molar-refractivity contribution is 7.92. The first-order valence-corrected chi connectivity index (χ1v) is 12.0. The number of hydrogen-bond donors (Lipinski definition) is 1. The maximum Gasteiger partial charge on any atom is 0.189 e. The van der Waals surface area contributed by atoms with Crippen LogP contribution in [0, 0.1) is 6.92 Å². The average Bonchev–Trinajstić information content (AvgIpc) is 2.81. The van der Waals surface area contributed by atoms with Crippen LogP contribution in [0.3, 0.4) is 0 Å². The van der Waals surface area contributed by atoms with E-state index in [1.165, 1.54) is 0 Å². The summed E-state index contributed by atoms with van der Waals surface area (Å²) in [5.41, 5.74) is 2.04. The molecule has 0 aliphatic rings. The fourth-order valence-electron chi connectivity index (χ4n) is 4.38. The summed E-state index contributed by atoms with van der Waals surface area (Å²) in [6, 6.07) is 31.3. The second-order valence-electron chi connectivity index (χ2n) is 8.03. The van der Waals surface area contributed by atoms with E-state index in [9.17, 15) is 13.5 Å². The first-order chi connectivity index (χ1) is 15.5. The first-order valence-electron chi connectivity index (χ1n) is 10.5. The summed E-state index contributed by atoms with van der Waals surface area (Å²) in [4.78, 5) is 0.230. The molecule has 1 atom stereocenters. The van der Waals surface area contributed by atoms with Crippen LogP contribution in [0.15, 0.2) is 108 Å². The van der Waals surface area contributed by atoms with Gasteiger partial charge in [-0.3, -0.25) is 0 Å². The summed E-state index contributed by atoms with van der Waals surface area (Å²) < 4.78 is 28.3. The molecule has 0 saturated heterocycles. The quantitative estimate of drug-likeness (QED) is 0.345. The molecule has 0 radical (unpaired) electrons. The van der Waals surface area contributed by atoms with E-state index in [1.54, 1.807) is 30.3 Å². The monoisotopic (exact) mass is 438 g/mol. The third-order valence-electron chi connectivity index (χ3n) is 5.98. The van der Waals surface area contributed by atoms with Crippen molar-refractivity contribution in [2.24, 2.45) is 0 Å². The van der Waals surface area contributed by atoms with Crippen LogP contribution in [0.25, 0.3) is 21.5 Å². The van der Waals surface area contributed by atoms with Gasteiger partial charge in [0.1, 0.15) is 11.0 Å². The predicted octanol–water partition coefficient (Wildman–Crippen LogP) is 6.57. The standard InChI is InChI=1S/C28H22O3S/c1-19-13-16-22(17-14-19)32(30,31)28(25-12-6-9-20-7-2-4-10-23(20)25)27-24-11-5-3-8-21(24)15-18-26(27)29/h2-18,28-29H,1H3. The maximum absolute atomic E-state index is 14.2. The van der Waals surface area contributed by atoms with Gasteiger partial charge >= 0.3 is 0 Å². The van der Waals surface area contributed by atoms with Gasteiger partial charge < -0.3 is 5.11 Å². The van der Waals surface area contributed by atoms with E-state index in [2.05, 4.69) is 0 Å². The molecule has 0 heterocycles. The molecule has 0 spiro atoms. The molecule has 0 aliphatic carbocycles. The second-order valence-corrected chi connectivity index (χ2v) is 10.1. The Morgan fingerprint density at radius 2 is 1.25 bits per heavy atom.